The maximum Gasteiger partial charge on any atom is 0.224 e. The van der Waals surface area contributed by atoms with E-state index in [2.05, 4.69) is 31.0 Å². The van der Waals surface area contributed by atoms with Crippen LogP contribution in [0, 0.1) is 0 Å². The summed E-state index contributed by atoms with van der Waals surface area (Å²) in [6, 6.07) is 6.36. The Balaban J connectivity index is 1.88. The Hall–Kier alpha value is -2.29. The Morgan fingerprint density at radius 3 is 2.91 bits per heavy atom. The first-order chi connectivity index (χ1) is 11.1. The van der Waals surface area contributed by atoms with Gasteiger partial charge >= 0.3 is 0 Å². The summed E-state index contributed by atoms with van der Waals surface area (Å²) in [6.07, 6.45) is 7.15. The lowest BCUT2D eigenvalue weighted by atomic mass is 10.0. The minimum absolute atomic E-state index is 0.0653. The van der Waals surface area contributed by atoms with Crippen molar-refractivity contribution >= 4 is 5.91 Å². The van der Waals surface area contributed by atoms with Crippen LogP contribution < -0.4 is 10.1 Å². The van der Waals surface area contributed by atoms with E-state index in [-0.39, 0.29) is 5.91 Å². The third-order valence-corrected chi connectivity index (χ3v) is 4.67. The summed E-state index contributed by atoms with van der Waals surface area (Å²) in [6.45, 7) is 7.96. The number of rotatable bonds is 4. The van der Waals surface area contributed by atoms with Crippen LogP contribution in [-0.2, 0) is 11.2 Å². The standard InChI is InChI=1S/C20H23NO2/c1-4-5-19(17-10-11-20(22)21-14(17)3)23-16-9-8-15-7-6-13(2)18(15)12-16/h4-5,8-9,12-13H,1,6-7,10-11H2,2-3H3,(H,21,22)/b19-5+. The molecule has 1 unspecified atom stereocenters. The van der Waals surface area contributed by atoms with Gasteiger partial charge in [-0.15, -0.1) is 0 Å². The predicted molar refractivity (Wildman–Crippen MR) is 92.2 cm³/mol. The minimum atomic E-state index is 0.0653. The van der Waals surface area contributed by atoms with Crippen LogP contribution in [0.15, 0.2) is 54.0 Å². The molecule has 0 bridgehead atoms. The van der Waals surface area contributed by atoms with E-state index in [9.17, 15) is 4.79 Å². The number of carbonyl (C=O) groups excluding carboxylic acids is 1. The average molecular weight is 309 g/mol. The molecule has 0 radical (unpaired) electrons. The molecule has 0 saturated heterocycles. The van der Waals surface area contributed by atoms with Crippen molar-refractivity contribution in [3.05, 3.63) is 65.1 Å². The van der Waals surface area contributed by atoms with E-state index in [0.29, 0.717) is 18.8 Å². The number of hydrogen-bond acceptors (Lipinski definition) is 2. The van der Waals surface area contributed by atoms with E-state index in [1.54, 1.807) is 6.08 Å². The molecule has 0 spiro atoms. The normalized spacial score (nSPS) is 21.0. The van der Waals surface area contributed by atoms with Crippen molar-refractivity contribution in [2.45, 2.75) is 45.4 Å². The number of carbonyl (C=O) groups is 1. The van der Waals surface area contributed by atoms with Crippen LogP contribution >= 0.6 is 0 Å². The number of allylic oxidation sites excluding steroid dienone is 4. The third kappa shape index (κ3) is 3.24. The highest BCUT2D eigenvalue weighted by Crippen LogP contribution is 2.36. The Labute approximate surface area is 137 Å². The Bertz CT molecular complexity index is 712. The molecule has 1 aromatic rings. The van der Waals surface area contributed by atoms with Crippen LogP contribution in [0.25, 0.3) is 0 Å². The molecule has 0 saturated carbocycles. The highest BCUT2D eigenvalue weighted by atomic mass is 16.5. The van der Waals surface area contributed by atoms with Crippen molar-refractivity contribution in [1.29, 1.82) is 0 Å². The van der Waals surface area contributed by atoms with E-state index < -0.39 is 0 Å². The lowest BCUT2D eigenvalue weighted by Gasteiger charge is -2.21. The molecule has 3 rings (SSSR count). The molecule has 2 aliphatic rings. The first-order valence-electron chi connectivity index (χ1n) is 8.22. The zero-order valence-corrected chi connectivity index (χ0v) is 13.8. The van der Waals surface area contributed by atoms with Crippen LogP contribution in [0.2, 0.25) is 0 Å². The van der Waals surface area contributed by atoms with E-state index in [0.717, 1.165) is 29.2 Å². The Morgan fingerprint density at radius 2 is 2.17 bits per heavy atom. The highest BCUT2D eigenvalue weighted by Gasteiger charge is 2.21. The summed E-state index contributed by atoms with van der Waals surface area (Å²) >= 11 is 0. The molecule has 1 heterocycles. The number of hydrogen-bond donors (Lipinski definition) is 1. The number of aryl methyl sites for hydroxylation is 1. The fourth-order valence-corrected chi connectivity index (χ4v) is 3.36. The van der Waals surface area contributed by atoms with Crippen molar-refractivity contribution in [2.75, 3.05) is 0 Å². The zero-order valence-electron chi connectivity index (χ0n) is 13.8. The van der Waals surface area contributed by atoms with Crippen LogP contribution in [0.5, 0.6) is 5.75 Å². The van der Waals surface area contributed by atoms with Gasteiger partial charge in [0.25, 0.3) is 0 Å². The van der Waals surface area contributed by atoms with Gasteiger partial charge in [0.2, 0.25) is 5.91 Å². The van der Waals surface area contributed by atoms with Gasteiger partial charge < -0.3 is 10.1 Å². The van der Waals surface area contributed by atoms with Crippen LogP contribution in [0.4, 0.5) is 0 Å². The van der Waals surface area contributed by atoms with Gasteiger partial charge in [-0.1, -0.05) is 25.6 Å². The maximum absolute atomic E-state index is 11.5. The molecule has 3 heteroatoms. The largest absolute Gasteiger partial charge is 0.457 e. The van der Waals surface area contributed by atoms with Crippen molar-refractivity contribution < 1.29 is 9.53 Å². The SMILES string of the molecule is C=C/C=C(/Oc1ccc2c(c1)C(C)CC2)C1=C(C)NC(=O)CC1. The molecule has 1 aliphatic heterocycles. The van der Waals surface area contributed by atoms with Gasteiger partial charge in [0.05, 0.1) is 0 Å². The van der Waals surface area contributed by atoms with Crippen LogP contribution in [0.3, 0.4) is 0 Å². The minimum Gasteiger partial charge on any atom is -0.457 e. The molecular formula is C20H23NO2. The molecule has 1 aliphatic carbocycles. The van der Waals surface area contributed by atoms with Crippen molar-refractivity contribution in [2.24, 2.45) is 0 Å². The summed E-state index contributed by atoms with van der Waals surface area (Å²) in [5.74, 6) is 2.27. The van der Waals surface area contributed by atoms with E-state index in [1.165, 1.54) is 17.5 Å². The predicted octanol–water partition coefficient (Wildman–Crippen LogP) is 4.37. The molecule has 0 aromatic heterocycles. The van der Waals surface area contributed by atoms with E-state index in [1.807, 2.05) is 19.1 Å². The van der Waals surface area contributed by atoms with Crippen molar-refractivity contribution in [1.82, 2.24) is 5.32 Å². The van der Waals surface area contributed by atoms with Gasteiger partial charge in [0.15, 0.2) is 0 Å². The van der Waals surface area contributed by atoms with Crippen molar-refractivity contribution in [3.8, 4) is 5.75 Å². The third-order valence-electron chi connectivity index (χ3n) is 4.67. The first-order valence-corrected chi connectivity index (χ1v) is 8.22. The average Bonchev–Trinajstić information content (AvgIpc) is 2.88. The summed E-state index contributed by atoms with van der Waals surface area (Å²) in [7, 11) is 0. The second kappa shape index (κ2) is 6.45. The van der Waals surface area contributed by atoms with E-state index in [4.69, 9.17) is 4.74 Å². The molecule has 120 valence electrons. The molecule has 1 aromatic carbocycles. The molecule has 1 atom stereocenters. The summed E-state index contributed by atoms with van der Waals surface area (Å²) in [4.78, 5) is 11.5. The highest BCUT2D eigenvalue weighted by molar-refractivity contribution is 5.80. The maximum atomic E-state index is 11.5. The zero-order chi connectivity index (χ0) is 16.4. The first kappa shape index (κ1) is 15.6. The lowest BCUT2D eigenvalue weighted by Crippen LogP contribution is -2.27. The van der Waals surface area contributed by atoms with Gasteiger partial charge in [0, 0.05) is 17.7 Å². The van der Waals surface area contributed by atoms with Gasteiger partial charge in [0.1, 0.15) is 11.5 Å². The van der Waals surface area contributed by atoms with Crippen molar-refractivity contribution in [3.63, 3.8) is 0 Å². The second-order valence-electron chi connectivity index (χ2n) is 6.32. The molecule has 1 N–H and O–H groups in total. The summed E-state index contributed by atoms with van der Waals surface area (Å²) < 4.78 is 6.15. The molecule has 23 heavy (non-hydrogen) atoms. The fourth-order valence-electron chi connectivity index (χ4n) is 3.36. The second-order valence-corrected chi connectivity index (χ2v) is 6.32. The molecular weight excluding hydrogens is 286 g/mol. The summed E-state index contributed by atoms with van der Waals surface area (Å²) in [5, 5.41) is 2.89. The Kier molecular flexibility index (Phi) is 4.37. The fraction of sp³-hybridized carbons (Fsp3) is 0.350. The Morgan fingerprint density at radius 1 is 1.35 bits per heavy atom. The smallest absolute Gasteiger partial charge is 0.224 e. The quantitative estimate of drug-likeness (QED) is 0.662. The topological polar surface area (TPSA) is 38.3 Å². The van der Waals surface area contributed by atoms with Gasteiger partial charge in [-0.3, -0.25) is 4.79 Å². The van der Waals surface area contributed by atoms with Crippen LogP contribution in [-0.4, -0.2) is 5.91 Å². The summed E-state index contributed by atoms with van der Waals surface area (Å²) in [5.41, 5.74) is 4.73. The molecule has 0 fully saturated rings. The van der Waals surface area contributed by atoms with Gasteiger partial charge in [-0.2, -0.15) is 0 Å². The van der Waals surface area contributed by atoms with Gasteiger partial charge in [-0.25, -0.2) is 0 Å². The van der Waals surface area contributed by atoms with Gasteiger partial charge in [-0.05, 0) is 61.4 Å². The molecule has 3 nitrogen and oxygen atoms in total. The number of ether oxygens (including phenoxy) is 1. The molecule has 1 amide bonds. The number of benzene rings is 1. The van der Waals surface area contributed by atoms with Crippen LogP contribution in [0.1, 0.15) is 50.2 Å². The van der Waals surface area contributed by atoms with E-state index >= 15 is 0 Å². The number of amides is 1. The monoisotopic (exact) mass is 309 g/mol. The number of nitrogens with one attached hydrogen (secondary N) is 1. The number of fused-ring (bicyclic) bond motifs is 1. The lowest BCUT2D eigenvalue weighted by molar-refractivity contribution is -0.120.